The summed E-state index contributed by atoms with van der Waals surface area (Å²) in [6.45, 7) is 0.864. The van der Waals surface area contributed by atoms with Crippen LogP contribution in [0.5, 0.6) is 0 Å². The number of hydrogen-bond donors (Lipinski definition) is 1. The Morgan fingerprint density at radius 3 is 2.95 bits per heavy atom. The Hall–Kier alpha value is -1.88. The number of hydrogen-bond acceptors (Lipinski definition) is 3. The van der Waals surface area contributed by atoms with E-state index < -0.39 is 12.0 Å². The van der Waals surface area contributed by atoms with Gasteiger partial charge in [-0.25, -0.2) is 4.79 Å². The first-order valence-corrected chi connectivity index (χ1v) is 7.84. The maximum absolute atomic E-state index is 12.6. The van der Waals surface area contributed by atoms with E-state index in [1.54, 1.807) is 0 Å². The zero-order valence-electron chi connectivity index (χ0n) is 12.5. The van der Waals surface area contributed by atoms with Crippen LogP contribution in [0.4, 0.5) is 0 Å². The Balaban J connectivity index is 1.73. The van der Waals surface area contributed by atoms with Crippen molar-refractivity contribution in [2.75, 3.05) is 19.8 Å². The first-order valence-electron chi connectivity index (χ1n) is 7.84. The highest BCUT2D eigenvalue weighted by Crippen LogP contribution is 2.34. The molecule has 2 atom stereocenters. The quantitative estimate of drug-likeness (QED) is 0.925. The van der Waals surface area contributed by atoms with E-state index in [0.717, 1.165) is 19.3 Å². The van der Waals surface area contributed by atoms with Crippen LogP contribution < -0.4 is 0 Å². The number of benzene rings is 1. The highest BCUT2D eigenvalue weighted by atomic mass is 16.5. The van der Waals surface area contributed by atoms with E-state index in [-0.39, 0.29) is 18.4 Å². The molecule has 1 heterocycles. The minimum absolute atomic E-state index is 0.0718. The number of aliphatic carboxylic acids is 1. The van der Waals surface area contributed by atoms with Gasteiger partial charge in [-0.05, 0) is 36.3 Å². The molecule has 22 heavy (non-hydrogen) atoms. The van der Waals surface area contributed by atoms with E-state index in [1.807, 2.05) is 12.1 Å². The van der Waals surface area contributed by atoms with E-state index in [2.05, 4.69) is 12.1 Å². The van der Waals surface area contributed by atoms with Crippen LogP contribution in [-0.4, -0.2) is 47.7 Å². The second-order valence-corrected chi connectivity index (χ2v) is 6.01. The molecular formula is C17H21NO4. The third kappa shape index (κ3) is 2.99. The van der Waals surface area contributed by atoms with Crippen LogP contribution in [0.2, 0.25) is 0 Å². The second kappa shape index (κ2) is 6.48. The molecule has 1 amide bonds. The molecule has 1 fully saturated rings. The lowest BCUT2D eigenvalue weighted by Gasteiger charge is -2.34. The van der Waals surface area contributed by atoms with E-state index in [0.29, 0.717) is 19.6 Å². The lowest BCUT2D eigenvalue weighted by atomic mass is 9.81. The Morgan fingerprint density at radius 2 is 2.14 bits per heavy atom. The average molecular weight is 303 g/mol. The average Bonchev–Trinajstić information content (AvgIpc) is 2.55. The van der Waals surface area contributed by atoms with Gasteiger partial charge in [-0.2, -0.15) is 0 Å². The molecule has 5 nitrogen and oxygen atoms in total. The molecule has 0 unspecified atom stereocenters. The number of ether oxygens (including phenoxy) is 1. The van der Waals surface area contributed by atoms with Gasteiger partial charge in [-0.3, -0.25) is 4.79 Å². The Labute approximate surface area is 129 Å². The minimum atomic E-state index is -0.989. The van der Waals surface area contributed by atoms with Crippen molar-refractivity contribution in [1.29, 1.82) is 0 Å². The molecule has 0 bridgehead atoms. The minimum Gasteiger partial charge on any atom is -0.480 e. The summed E-state index contributed by atoms with van der Waals surface area (Å²) < 4.78 is 5.20. The summed E-state index contributed by atoms with van der Waals surface area (Å²) >= 11 is 0. The summed E-state index contributed by atoms with van der Waals surface area (Å²) in [6, 6.07) is 7.42. The molecule has 1 saturated heterocycles. The molecular weight excluding hydrogens is 282 g/mol. The van der Waals surface area contributed by atoms with Crippen LogP contribution >= 0.6 is 0 Å². The molecule has 0 radical (unpaired) electrons. The SMILES string of the molecule is O=C(O)[C@H]1COCCN1C(=O)C[C@H]1CCCc2ccccc21. The number of rotatable bonds is 3. The maximum atomic E-state index is 12.6. The molecule has 1 aromatic rings. The Kier molecular flexibility index (Phi) is 4.43. The van der Waals surface area contributed by atoms with E-state index in [9.17, 15) is 14.7 Å². The molecule has 118 valence electrons. The fraction of sp³-hybridized carbons (Fsp3) is 0.529. The summed E-state index contributed by atoms with van der Waals surface area (Å²) in [6.07, 6.45) is 3.53. The predicted molar refractivity (Wildman–Crippen MR) is 80.7 cm³/mol. The number of nitrogens with zero attached hydrogens (tertiary/aromatic N) is 1. The third-order valence-corrected chi connectivity index (χ3v) is 4.65. The van der Waals surface area contributed by atoms with Gasteiger partial charge in [0.25, 0.3) is 0 Å². The molecule has 1 aliphatic carbocycles. The molecule has 0 aromatic heterocycles. The molecule has 1 aromatic carbocycles. The highest BCUT2D eigenvalue weighted by molar-refractivity contribution is 5.84. The number of carbonyl (C=O) groups is 2. The number of aryl methyl sites for hydroxylation is 1. The Bertz CT molecular complexity index is 572. The molecule has 0 saturated carbocycles. The smallest absolute Gasteiger partial charge is 0.328 e. The van der Waals surface area contributed by atoms with Crippen molar-refractivity contribution >= 4 is 11.9 Å². The Morgan fingerprint density at radius 1 is 1.32 bits per heavy atom. The predicted octanol–water partition coefficient (Wildman–Crippen LogP) is 1.81. The van der Waals surface area contributed by atoms with E-state index in [1.165, 1.54) is 16.0 Å². The van der Waals surface area contributed by atoms with Crippen molar-refractivity contribution in [1.82, 2.24) is 4.90 Å². The van der Waals surface area contributed by atoms with Gasteiger partial charge in [-0.15, -0.1) is 0 Å². The topological polar surface area (TPSA) is 66.8 Å². The van der Waals surface area contributed by atoms with Crippen molar-refractivity contribution in [3.8, 4) is 0 Å². The van der Waals surface area contributed by atoms with Crippen LogP contribution in [0.1, 0.15) is 36.3 Å². The summed E-state index contributed by atoms with van der Waals surface area (Å²) in [5, 5.41) is 9.25. The van der Waals surface area contributed by atoms with Gasteiger partial charge in [0, 0.05) is 13.0 Å². The summed E-state index contributed by atoms with van der Waals surface area (Å²) in [4.78, 5) is 25.4. The van der Waals surface area contributed by atoms with Gasteiger partial charge < -0.3 is 14.7 Å². The first kappa shape index (κ1) is 15.0. The lowest BCUT2D eigenvalue weighted by molar-refractivity contribution is -0.158. The van der Waals surface area contributed by atoms with Crippen molar-refractivity contribution in [3.63, 3.8) is 0 Å². The van der Waals surface area contributed by atoms with E-state index in [4.69, 9.17) is 4.74 Å². The number of amides is 1. The molecule has 3 rings (SSSR count). The fourth-order valence-electron chi connectivity index (χ4n) is 3.50. The van der Waals surface area contributed by atoms with Crippen LogP contribution in [0.15, 0.2) is 24.3 Å². The van der Waals surface area contributed by atoms with Crippen LogP contribution in [0, 0.1) is 0 Å². The maximum Gasteiger partial charge on any atom is 0.328 e. The molecule has 5 heteroatoms. The van der Waals surface area contributed by atoms with Crippen molar-refractivity contribution < 1.29 is 19.4 Å². The zero-order valence-corrected chi connectivity index (χ0v) is 12.5. The number of morpholine rings is 1. The van der Waals surface area contributed by atoms with Crippen LogP contribution in [-0.2, 0) is 20.7 Å². The van der Waals surface area contributed by atoms with Crippen LogP contribution in [0.25, 0.3) is 0 Å². The molecule has 0 spiro atoms. The standard InChI is InChI=1S/C17H21NO4/c19-16(18-8-9-22-11-15(18)17(20)21)10-13-6-3-5-12-4-1-2-7-14(12)13/h1-2,4,7,13,15H,3,5-6,8-11H2,(H,20,21)/t13-,15-/m1/s1. The van der Waals surface area contributed by atoms with Crippen molar-refractivity contribution in [3.05, 3.63) is 35.4 Å². The van der Waals surface area contributed by atoms with Gasteiger partial charge in [0.1, 0.15) is 0 Å². The number of carboxylic acid groups (broad SMARTS) is 1. The monoisotopic (exact) mass is 303 g/mol. The summed E-state index contributed by atoms with van der Waals surface area (Å²) in [5.74, 6) is -0.857. The van der Waals surface area contributed by atoms with Gasteiger partial charge in [-0.1, -0.05) is 24.3 Å². The first-order chi connectivity index (χ1) is 10.7. The van der Waals surface area contributed by atoms with Crippen molar-refractivity contribution in [2.45, 2.75) is 37.6 Å². The fourth-order valence-corrected chi connectivity index (χ4v) is 3.50. The largest absolute Gasteiger partial charge is 0.480 e. The third-order valence-electron chi connectivity index (χ3n) is 4.65. The molecule has 1 N–H and O–H groups in total. The second-order valence-electron chi connectivity index (χ2n) is 6.01. The van der Waals surface area contributed by atoms with Gasteiger partial charge in [0.05, 0.1) is 13.2 Å². The highest BCUT2D eigenvalue weighted by Gasteiger charge is 2.34. The number of fused-ring (bicyclic) bond motifs is 1. The van der Waals surface area contributed by atoms with Crippen molar-refractivity contribution in [2.24, 2.45) is 0 Å². The summed E-state index contributed by atoms with van der Waals surface area (Å²) in [5.41, 5.74) is 2.57. The zero-order chi connectivity index (χ0) is 15.5. The van der Waals surface area contributed by atoms with Crippen LogP contribution in [0.3, 0.4) is 0 Å². The molecule has 1 aliphatic heterocycles. The lowest BCUT2D eigenvalue weighted by Crippen LogP contribution is -2.52. The van der Waals surface area contributed by atoms with Gasteiger partial charge >= 0.3 is 5.97 Å². The number of carbonyl (C=O) groups excluding carboxylic acids is 1. The summed E-state index contributed by atoms with van der Waals surface area (Å²) in [7, 11) is 0. The van der Waals surface area contributed by atoms with E-state index >= 15 is 0 Å². The molecule has 2 aliphatic rings. The number of carboxylic acids is 1. The normalized spacial score (nSPS) is 24.6. The van der Waals surface area contributed by atoms with Gasteiger partial charge in [0.2, 0.25) is 5.91 Å². The van der Waals surface area contributed by atoms with Gasteiger partial charge in [0.15, 0.2) is 6.04 Å².